The minimum Gasteiger partial charge on any atom is -0.323 e. The summed E-state index contributed by atoms with van der Waals surface area (Å²) in [5.74, 6) is 0.384. The van der Waals surface area contributed by atoms with E-state index in [-0.39, 0.29) is 10.4 Å². The van der Waals surface area contributed by atoms with E-state index in [2.05, 4.69) is 21.5 Å². The molecule has 21 heavy (non-hydrogen) atoms. The zero-order valence-corrected chi connectivity index (χ0v) is 13.6. The first-order valence-corrected chi connectivity index (χ1v) is 7.98. The molecule has 0 amide bonds. The Hall–Kier alpha value is -0.840. The van der Waals surface area contributed by atoms with Gasteiger partial charge in [0.15, 0.2) is 0 Å². The van der Waals surface area contributed by atoms with Crippen molar-refractivity contribution in [3.8, 4) is 0 Å². The van der Waals surface area contributed by atoms with Crippen LogP contribution in [0.3, 0.4) is 0 Å². The van der Waals surface area contributed by atoms with Gasteiger partial charge in [-0.1, -0.05) is 11.6 Å². The van der Waals surface area contributed by atoms with Crippen LogP contribution < -0.4 is 0 Å². The van der Waals surface area contributed by atoms with E-state index in [0.29, 0.717) is 11.6 Å². The molecule has 1 unspecified atom stereocenters. The Bertz CT molecular complexity index is 660. The van der Waals surface area contributed by atoms with Crippen LogP contribution in [0.15, 0.2) is 12.1 Å². The lowest BCUT2D eigenvalue weighted by Gasteiger charge is -2.31. The van der Waals surface area contributed by atoms with Gasteiger partial charge in [-0.2, -0.15) is 0 Å². The third-order valence-electron chi connectivity index (χ3n) is 4.17. The third-order valence-corrected chi connectivity index (χ3v) is 4.65. The molecule has 1 aliphatic heterocycles. The van der Waals surface area contributed by atoms with E-state index in [0.717, 1.165) is 37.3 Å². The Labute approximate surface area is 133 Å². The molecule has 0 N–H and O–H groups in total. The number of hydrogen-bond donors (Lipinski definition) is 0. The van der Waals surface area contributed by atoms with E-state index in [4.69, 9.17) is 23.2 Å². The van der Waals surface area contributed by atoms with Crippen molar-refractivity contribution in [3.63, 3.8) is 0 Å². The van der Waals surface area contributed by atoms with Crippen LogP contribution in [0.2, 0.25) is 5.02 Å². The predicted molar refractivity (Wildman–Crippen MR) is 84.7 cm³/mol. The first-order chi connectivity index (χ1) is 9.97. The molecule has 0 radical (unpaired) electrons. The van der Waals surface area contributed by atoms with Gasteiger partial charge in [0.05, 0.1) is 21.4 Å². The van der Waals surface area contributed by atoms with Crippen molar-refractivity contribution >= 4 is 34.2 Å². The highest BCUT2D eigenvalue weighted by Gasteiger charge is 2.25. The van der Waals surface area contributed by atoms with Crippen LogP contribution in [0.1, 0.15) is 37.0 Å². The summed E-state index contributed by atoms with van der Waals surface area (Å²) >= 11 is 12.2. The minimum atomic E-state index is -0.410. The third kappa shape index (κ3) is 2.77. The lowest BCUT2D eigenvalue weighted by atomic mass is 10.0. The molecule has 1 aliphatic rings. The molecule has 0 bridgehead atoms. The highest BCUT2D eigenvalue weighted by atomic mass is 35.5. The summed E-state index contributed by atoms with van der Waals surface area (Å²) in [6, 6.07) is 3.37. The van der Waals surface area contributed by atoms with E-state index >= 15 is 0 Å². The van der Waals surface area contributed by atoms with Crippen molar-refractivity contribution in [1.29, 1.82) is 0 Å². The molecule has 2 aromatic rings. The summed E-state index contributed by atoms with van der Waals surface area (Å²) in [6.07, 6.45) is 2.03. The first-order valence-electron chi connectivity index (χ1n) is 7.17. The number of benzene rings is 1. The van der Waals surface area contributed by atoms with Crippen molar-refractivity contribution in [2.45, 2.75) is 31.2 Å². The fourth-order valence-corrected chi connectivity index (χ4v) is 3.34. The van der Waals surface area contributed by atoms with Gasteiger partial charge in [0.1, 0.15) is 11.6 Å². The Balaban J connectivity index is 2.14. The van der Waals surface area contributed by atoms with Crippen molar-refractivity contribution in [1.82, 2.24) is 14.5 Å². The standard InChI is InChI=1S/C15H18Cl2FN3/c1-9(16)15-19-13-7-11(17)12(18)8-14(13)21(15)10-3-5-20(2)6-4-10/h7-10H,3-6H2,1-2H3. The molecule has 0 aliphatic carbocycles. The molecule has 3 nitrogen and oxygen atoms in total. The van der Waals surface area contributed by atoms with Gasteiger partial charge in [-0.25, -0.2) is 9.37 Å². The molecule has 0 saturated carbocycles. The maximum absolute atomic E-state index is 13.9. The number of rotatable bonds is 2. The van der Waals surface area contributed by atoms with Crippen LogP contribution >= 0.6 is 23.2 Å². The van der Waals surface area contributed by atoms with Crippen LogP contribution in [0.5, 0.6) is 0 Å². The second kappa shape index (κ2) is 5.75. The summed E-state index contributed by atoms with van der Waals surface area (Å²) in [4.78, 5) is 6.88. The van der Waals surface area contributed by atoms with Crippen molar-refractivity contribution < 1.29 is 4.39 Å². The molecule has 114 valence electrons. The van der Waals surface area contributed by atoms with Gasteiger partial charge in [0.2, 0.25) is 0 Å². The van der Waals surface area contributed by atoms with Crippen LogP contribution in [0.4, 0.5) is 4.39 Å². The SMILES string of the molecule is CC(Cl)c1nc2cc(Cl)c(F)cc2n1C1CCN(C)CC1. The number of halogens is 3. The van der Waals surface area contributed by atoms with E-state index in [1.165, 1.54) is 6.07 Å². The van der Waals surface area contributed by atoms with Crippen molar-refractivity contribution in [3.05, 3.63) is 28.8 Å². The quantitative estimate of drug-likeness (QED) is 0.761. The Morgan fingerprint density at radius 2 is 2.00 bits per heavy atom. The second-order valence-electron chi connectivity index (χ2n) is 5.75. The van der Waals surface area contributed by atoms with Gasteiger partial charge in [-0.15, -0.1) is 11.6 Å². The number of fused-ring (bicyclic) bond motifs is 1. The molecule has 2 heterocycles. The maximum atomic E-state index is 13.9. The monoisotopic (exact) mass is 329 g/mol. The molecule has 1 atom stereocenters. The first kappa shape index (κ1) is 15.1. The Morgan fingerprint density at radius 1 is 1.33 bits per heavy atom. The summed E-state index contributed by atoms with van der Waals surface area (Å²) in [5, 5.41) is -0.122. The lowest BCUT2D eigenvalue weighted by Crippen LogP contribution is -2.32. The largest absolute Gasteiger partial charge is 0.323 e. The summed E-state index contributed by atoms with van der Waals surface area (Å²) < 4.78 is 16.0. The minimum absolute atomic E-state index is 0.101. The number of hydrogen-bond acceptors (Lipinski definition) is 2. The Kier molecular flexibility index (Phi) is 4.12. The van der Waals surface area contributed by atoms with E-state index in [9.17, 15) is 4.39 Å². The van der Waals surface area contributed by atoms with Gasteiger partial charge >= 0.3 is 0 Å². The predicted octanol–water partition coefficient (Wildman–Crippen LogP) is 4.40. The van der Waals surface area contributed by atoms with Gasteiger partial charge < -0.3 is 9.47 Å². The molecule has 1 aromatic carbocycles. The number of imidazole rings is 1. The topological polar surface area (TPSA) is 21.1 Å². The number of nitrogens with zero attached hydrogens (tertiary/aromatic N) is 3. The second-order valence-corrected chi connectivity index (χ2v) is 6.81. The number of aromatic nitrogens is 2. The molecule has 1 fully saturated rings. The molecule has 3 rings (SSSR count). The van der Waals surface area contributed by atoms with Crippen LogP contribution in [0, 0.1) is 5.82 Å². The highest BCUT2D eigenvalue weighted by molar-refractivity contribution is 6.31. The molecular formula is C15H18Cl2FN3. The van der Waals surface area contributed by atoms with Crippen molar-refractivity contribution in [2.24, 2.45) is 0 Å². The van der Waals surface area contributed by atoms with Gasteiger partial charge in [-0.3, -0.25) is 0 Å². The normalized spacial score (nSPS) is 19.3. The van der Waals surface area contributed by atoms with Gasteiger partial charge in [-0.05, 0) is 46.0 Å². The van der Waals surface area contributed by atoms with E-state index in [1.807, 2.05) is 6.92 Å². The van der Waals surface area contributed by atoms with Gasteiger partial charge in [0, 0.05) is 12.1 Å². The summed E-state index contributed by atoms with van der Waals surface area (Å²) in [7, 11) is 2.12. The smallest absolute Gasteiger partial charge is 0.144 e. The lowest BCUT2D eigenvalue weighted by molar-refractivity contribution is 0.221. The Morgan fingerprint density at radius 3 is 2.62 bits per heavy atom. The fourth-order valence-electron chi connectivity index (χ4n) is 3.03. The van der Waals surface area contributed by atoms with Gasteiger partial charge in [0.25, 0.3) is 0 Å². The maximum Gasteiger partial charge on any atom is 0.144 e. The fraction of sp³-hybridized carbons (Fsp3) is 0.533. The zero-order valence-electron chi connectivity index (χ0n) is 12.1. The zero-order chi connectivity index (χ0) is 15.1. The summed E-state index contributed by atoms with van der Waals surface area (Å²) in [5.41, 5.74) is 1.50. The highest BCUT2D eigenvalue weighted by Crippen LogP contribution is 2.34. The van der Waals surface area contributed by atoms with Crippen LogP contribution in [-0.4, -0.2) is 34.6 Å². The summed E-state index contributed by atoms with van der Waals surface area (Å²) in [6.45, 7) is 3.94. The van der Waals surface area contributed by atoms with E-state index in [1.54, 1.807) is 6.07 Å². The molecule has 1 aromatic heterocycles. The number of piperidine rings is 1. The molecule has 0 spiro atoms. The molecule has 1 saturated heterocycles. The van der Waals surface area contributed by atoms with Crippen LogP contribution in [-0.2, 0) is 0 Å². The molecular weight excluding hydrogens is 312 g/mol. The molecule has 6 heteroatoms. The van der Waals surface area contributed by atoms with Crippen molar-refractivity contribution in [2.75, 3.05) is 20.1 Å². The number of alkyl halides is 1. The van der Waals surface area contributed by atoms with Crippen LogP contribution in [0.25, 0.3) is 11.0 Å². The average molecular weight is 330 g/mol. The number of likely N-dealkylation sites (tertiary alicyclic amines) is 1. The average Bonchev–Trinajstić information content (AvgIpc) is 2.79. The van der Waals surface area contributed by atoms with E-state index < -0.39 is 5.82 Å².